The second-order valence-corrected chi connectivity index (χ2v) is 5.57. The molecule has 6 heteroatoms. The van der Waals surface area contributed by atoms with Gasteiger partial charge in [-0.15, -0.1) is 0 Å². The van der Waals surface area contributed by atoms with Crippen LogP contribution < -0.4 is 5.32 Å². The average molecular weight is 294 g/mol. The lowest BCUT2D eigenvalue weighted by molar-refractivity contribution is -0.133. The molecule has 0 unspecified atom stereocenters. The number of rotatable bonds is 10. The summed E-state index contributed by atoms with van der Waals surface area (Å²) in [6.07, 6.45) is 1.64. The normalized spacial score (nSPS) is 17.9. The molecular formula is C14H28F2N2O2. The highest BCUT2D eigenvalue weighted by atomic mass is 19.3. The highest BCUT2D eigenvalue weighted by molar-refractivity contribution is 4.67. The van der Waals surface area contributed by atoms with E-state index in [-0.39, 0.29) is 6.10 Å². The molecule has 0 radical (unpaired) electrons. The van der Waals surface area contributed by atoms with Gasteiger partial charge in [0.15, 0.2) is 0 Å². The Morgan fingerprint density at radius 1 is 1.15 bits per heavy atom. The summed E-state index contributed by atoms with van der Waals surface area (Å²) in [6, 6.07) is 0. The van der Waals surface area contributed by atoms with Crippen LogP contribution >= 0.6 is 0 Å². The van der Waals surface area contributed by atoms with Gasteiger partial charge in [-0.3, -0.25) is 0 Å². The van der Waals surface area contributed by atoms with E-state index in [9.17, 15) is 8.78 Å². The van der Waals surface area contributed by atoms with Gasteiger partial charge in [0.2, 0.25) is 0 Å². The molecule has 0 spiro atoms. The van der Waals surface area contributed by atoms with E-state index in [2.05, 4.69) is 10.2 Å². The molecule has 4 nitrogen and oxygen atoms in total. The molecule has 20 heavy (non-hydrogen) atoms. The summed E-state index contributed by atoms with van der Waals surface area (Å²) in [5.41, 5.74) is 0. The third-order valence-electron chi connectivity index (χ3n) is 3.16. The summed E-state index contributed by atoms with van der Waals surface area (Å²) < 4.78 is 36.6. The highest BCUT2D eigenvalue weighted by Crippen LogP contribution is 2.15. The number of unbranched alkanes of at least 4 members (excludes halogenated alkanes) is 1. The first kappa shape index (κ1) is 17.8. The Morgan fingerprint density at radius 2 is 1.85 bits per heavy atom. The summed E-state index contributed by atoms with van der Waals surface area (Å²) in [5.74, 6) is -2.89. The first-order chi connectivity index (χ1) is 9.49. The van der Waals surface area contributed by atoms with Crippen molar-refractivity contribution in [1.82, 2.24) is 10.2 Å². The van der Waals surface area contributed by atoms with Crippen LogP contribution in [0.25, 0.3) is 0 Å². The Labute approximate surface area is 120 Å². The number of alkyl halides is 2. The zero-order valence-corrected chi connectivity index (χ0v) is 12.7. The van der Waals surface area contributed by atoms with E-state index in [1.807, 2.05) is 0 Å². The first-order valence-corrected chi connectivity index (χ1v) is 7.50. The van der Waals surface area contributed by atoms with Crippen molar-refractivity contribution in [1.29, 1.82) is 0 Å². The summed E-state index contributed by atoms with van der Waals surface area (Å²) in [7, 11) is 0. The van der Waals surface area contributed by atoms with Gasteiger partial charge in [-0.05, 0) is 33.2 Å². The minimum Gasteiger partial charge on any atom is -0.375 e. The molecule has 1 saturated heterocycles. The smallest absolute Gasteiger partial charge is 0.293 e. The quantitative estimate of drug-likeness (QED) is 0.622. The molecule has 0 aromatic heterocycles. The molecule has 1 aliphatic heterocycles. The Balaban J connectivity index is 1.95. The number of nitrogens with one attached hydrogen (secondary N) is 1. The van der Waals surface area contributed by atoms with Crippen LogP contribution in [0.2, 0.25) is 0 Å². The van der Waals surface area contributed by atoms with Crippen molar-refractivity contribution in [2.75, 3.05) is 52.5 Å². The molecule has 1 aliphatic rings. The highest BCUT2D eigenvalue weighted by Gasteiger charge is 2.30. The van der Waals surface area contributed by atoms with Crippen LogP contribution in [0.5, 0.6) is 0 Å². The number of ether oxygens (including phenoxy) is 2. The number of hydrogen-bond donors (Lipinski definition) is 1. The fourth-order valence-electron chi connectivity index (χ4n) is 2.03. The maximum Gasteiger partial charge on any atom is 0.293 e. The predicted molar refractivity (Wildman–Crippen MR) is 75.4 cm³/mol. The zero-order chi connectivity index (χ0) is 14.8. The second-order valence-electron chi connectivity index (χ2n) is 5.57. The number of halogens is 2. The van der Waals surface area contributed by atoms with Crippen molar-refractivity contribution >= 4 is 0 Å². The summed E-state index contributed by atoms with van der Waals surface area (Å²) in [4.78, 5) is 2.39. The van der Waals surface area contributed by atoms with E-state index in [1.54, 1.807) is 13.8 Å². The van der Waals surface area contributed by atoms with E-state index in [1.165, 1.54) is 0 Å². The molecule has 1 rings (SSSR count). The lowest BCUT2D eigenvalue weighted by Gasteiger charge is -2.27. The van der Waals surface area contributed by atoms with E-state index >= 15 is 0 Å². The van der Waals surface area contributed by atoms with Gasteiger partial charge >= 0.3 is 0 Å². The second kappa shape index (κ2) is 9.60. The van der Waals surface area contributed by atoms with Crippen LogP contribution in [0.3, 0.4) is 0 Å². The molecule has 0 atom stereocenters. The number of hydrogen-bond acceptors (Lipinski definition) is 4. The van der Waals surface area contributed by atoms with Gasteiger partial charge in [0.05, 0.1) is 6.10 Å². The van der Waals surface area contributed by atoms with Crippen molar-refractivity contribution in [3.8, 4) is 0 Å². The van der Waals surface area contributed by atoms with Gasteiger partial charge in [0, 0.05) is 32.8 Å². The van der Waals surface area contributed by atoms with Gasteiger partial charge in [-0.2, -0.15) is 0 Å². The van der Waals surface area contributed by atoms with Crippen LogP contribution in [-0.2, 0) is 9.47 Å². The monoisotopic (exact) mass is 294 g/mol. The SMILES string of the molecule is CC(C)OCC(F)(F)COCCCCN1CCNCC1. The van der Waals surface area contributed by atoms with Crippen molar-refractivity contribution in [2.24, 2.45) is 0 Å². The van der Waals surface area contributed by atoms with Gasteiger partial charge in [-0.25, -0.2) is 8.78 Å². The lowest BCUT2D eigenvalue weighted by atomic mass is 10.2. The van der Waals surface area contributed by atoms with Gasteiger partial charge in [-0.1, -0.05) is 0 Å². The molecule has 120 valence electrons. The van der Waals surface area contributed by atoms with E-state index in [0.717, 1.165) is 45.6 Å². The largest absolute Gasteiger partial charge is 0.375 e. The fourth-order valence-corrected chi connectivity index (χ4v) is 2.03. The summed E-state index contributed by atoms with van der Waals surface area (Å²) in [6.45, 7) is 8.02. The maximum atomic E-state index is 13.3. The summed E-state index contributed by atoms with van der Waals surface area (Å²) >= 11 is 0. The molecule has 0 aromatic carbocycles. The maximum absolute atomic E-state index is 13.3. The van der Waals surface area contributed by atoms with E-state index in [4.69, 9.17) is 9.47 Å². The molecular weight excluding hydrogens is 266 g/mol. The van der Waals surface area contributed by atoms with Gasteiger partial charge in [0.1, 0.15) is 13.2 Å². The molecule has 0 aliphatic carbocycles. The number of nitrogens with zero attached hydrogens (tertiary/aromatic N) is 1. The van der Waals surface area contributed by atoms with Gasteiger partial charge < -0.3 is 19.7 Å². The van der Waals surface area contributed by atoms with Crippen molar-refractivity contribution in [3.05, 3.63) is 0 Å². The van der Waals surface area contributed by atoms with Crippen LogP contribution in [0.1, 0.15) is 26.7 Å². The average Bonchev–Trinajstić information content (AvgIpc) is 2.42. The van der Waals surface area contributed by atoms with Gasteiger partial charge in [0.25, 0.3) is 5.92 Å². The molecule has 0 saturated carbocycles. The standard InChI is InChI=1S/C14H28F2N2O2/c1-13(2)20-12-14(15,16)11-19-10-4-3-7-18-8-5-17-6-9-18/h13,17H,3-12H2,1-2H3. The topological polar surface area (TPSA) is 33.7 Å². The first-order valence-electron chi connectivity index (χ1n) is 7.50. The zero-order valence-electron chi connectivity index (χ0n) is 12.7. The molecule has 1 heterocycles. The minimum atomic E-state index is -2.89. The molecule has 1 N–H and O–H groups in total. The fraction of sp³-hybridized carbons (Fsp3) is 1.00. The lowest BCUT2D eigenvalue weighted by Crippen LogP contribution is -2.43. The Hall–Kier alpha value is -0.300. The van der Waals surface area contributed by atoms with Crippen molar-refractivity contribution < 1.29 is 18.3 Å². The minimum absolute atomic E-state index is 0.181. The molecule has 0 bridgehead atoms. The van der Waals surface area contributed by atoms with E-state index < -0.39 is 19.1 Å². The van der Waals surface area contributed by atoms with Crippen LogP contribution in [0.15, 0.2) is 0 Å². The molecule has 0 amide bonds. The van der Waals surface area contributed by atoms with Crippen LogP contribution in [0, 0.1) is 0 Å². The third kappa shape index (κ3) is 8.79. The predicted octanol–water partition coefficient (Wildman–Crippen LogP) is 1.75. The van der Waals surface area contributed by atoms with Crippen LogP contribution in [-0.4, -0.2) is 69.5 Å². The Bertz CT molecular complexity index is 247. The van der Waals surface area contributed by atoms with Crippen molar-refractivity contribution in [2.45, 2.75) is 38.7 Å². The Morgan fingerprint density at radius 3 is 2.50 bits per heavy atom. The van der Waals surface area contributed by atoms with Crippen molar-refractivity contribution in [3.63, 3.8) is 0 Å². The third-order valence-corrected chi connectivity index (χ3v) is 3.16. The summed E-state index contributed by atoms with van der Waals surface area (Å²) in [5, 5.41) is 3.30. The molecule has 0 aromatic rings. The molecule has 1 fully saturated rings. The number of piperazine rings is 1. The van der Waals surface area contributed by atoms with E-state index in [0.29, 0.717) is 6.61 Å². The Kier molecular flexibility index (Phi) is 8.52. The van der Waals surface area contributed by atoms with Crippen LogP contribution in [0.4, 0.5) is 8.78 Å².